The Hall–Kier alpha value is -2.63. The average molecular weight is 869 g/mol. The molecule has 0 spiro atoms. The summed E-state index contributed by atoms with van der Waals surface area (Å²) in [5.41, 5.74) is 0. The first-order chi connectivity index (χ1) is 30.5. The van der Waals surface area contributed by atoms with E-state index in [1.54, 1.807) is 0 Å². The maximum atomic E-state index is 12.8. The van der Waals surface area contributed by atoms with Gasteiger partial charge < -0.3 is 14.2 Å². The molecule has 1 atom stereocenters. The molecule has 62 heavy (non-hydrogen) atoms. The topological polar surface area (TPSA) is 78.9 Å². The Balaban J connectivity index is 4.31. The van der Waals surface area contributed by atoms with Crippen molar-refractivity contribution in [1.29, 1.82) is 0 Å². The van der Waals surface area contributed by atoms with Crippen molar-refractivity contribution in [2.45, 2.75) is 277 Å². The summed E-state index contributed by atoms with van der Waals surface area (Å²) in [4.78, 5) is 37.9. The Morgan fingerprint density at radius 2 is 0.597 bits per heavy atom. The third-order valence-corrected chi connectivity index (χ3v) is 11.6. The van der Waals surface area contributed by atoms with Gasteiger partial charge in [0.1, 0.15) is 13.2 Å². The number of hydrogen-bond acceptors (Lipinski definition) is 6. The van der Waals surface area contributed by atoms with E-state index >= 15 is 0 Å². The second kappa shape index (κ2) is 51.0. The largest absolute Gasteiger partial charge is 0.462 e. The van der Waals surface area contributed by atoms with Crippen molar-refractivity contribution in [2.75, 3.05) is 13.2 Å². The molecule has 360 valence electrons. The molecule has 0 N–H and O–H groups in total. The van der Waals surface area contributed by atoms with Gasteiger partial charge in [0.2, 0.25) is 0 Å². The van der Waals surface area contributed by atoms with E-state index in [9.17, 15) is 14.4 Å². The minimum Gasteiger partial charge on any atom is -0.462 e. The fourth-order valence-electron chi connectivity index (χ4n) is 7.49. The maximum Gasteiger partial charge on any atom is 0.306 e. The predicted molar refractivity (Wildman–Crippen MR) is 265 cm³/mol. The van der Waals surface area contributed by atoms with Crippen LogP contribution < -0.4 is 0 Å². The lowest BCUT2D eigenvalue weighted by molar-refractivity contribution is -0.167. The van der Waals surface area contributed by atoms with Crippen LogP contribution >= 0.6 is 0 Å². The van der Waals surface area contributed by atoms with Crippen LogP contribution in [0.3, 0.4) is 0 Å². The normalized spacial score (nSPS) is 12.4. The van der Waals surface area contributed by atoms with Gasteiger partial charge in [0.05, 0.1) is 0 Å². The monoisotopic (exact) mass is 869 g/mol. The Labute approximate surface area is 384 Å². The van der Waals surface area contributed by atoms with Gasteiger partial charge in [-0.15, -0.1) is 0 Å². The average Bonchev–Trinajstić information content (AvgIpc) is 3.27. The fourth-order valence-corrected chi connectivity index (χ4v) is 7.49. The highest BCUT2D eigenvalue weighted by Crippen LogP contribution is 2.15. The lowest BCUT2D eigenvalue weighted by atomic mass is 10.1. The lowest BCUT2D eigenvalue weighted by Gasteiger charge is -2.18. The molecule has 0 aliphatic rings. The first kappa shape index (κ1) is 59.4. The maximum absolute atomic E-state index is 12.8. The molecule has 0 aliphatic heterocycles. The van der Waals surface area contributed by atoms with Crippen molar-refractivity contribution in [2.24, 2.45) is 0 Å². The third-order valence-electron chi connectivity index (χ3n) is 11.6. The number of carbonyl (C=O) groups is 3. The summed E-state index contributed by atoms with van der Waals surface area (Å²) in [6, 6.07) is 0. The highest BCUT2D eigenvalue weighted by atomic mass is 16.6. The molecular weight excluding hydrogens is 769 g/mol. The quantitative estimate of drug-likeness (QED) is 0.0199. The van der Waals surface area contributed by atoms with Gasteiger partial charge in [-0.05, 0) is 89.9 Å². The van der Waals surface area contributed by atoms with Crippen LogP contribution in [0, 0.1) is 0 Å². The molecule has 0 saturated carbocycles. The fraction of sp³-hybridized carbons (Fsp3) is 0.804. The molecule has 6 heteroatoms. The van der Waals surface area contributed by atoms with Crippen LogP contribution in [0.1, 0.15) is 271 Å². The van der Waals surface area contributed by atoms with Gasteiger partial charge in [-0.2, -0.15) is 0 Å². The summed E-state index contributed by atoms with van der Waals surface area (Å²) in [7, 11) is 0. The van der Waals surface area contributed by atoms with Gasteiger partial charge >= 0.3 is 17.9 Å². The third kappa shape index (κ3) is 48.4. The van der Waals surface area contributed by atoms with Crippen molar-refractivity contribution in [3.8, 4) is 0 Å². The van der Waals surface area contributed by atoms with Crippen molar-refractivity contribution >= 4 is 17.9 Å². The number of esters is 3. The SMILES string of the molecule is CCCCC/C=C\C=C/CCCCCCCCCCCCC(=O)OCC(COC(=O)CCC/C=C\CCCCCC)OC(=O)CCCCCCC/C=C\CCCCCCCCC. The zero-order valence-electron chi connectivity index (χ0n) is 41.1. The molecule has 0 radical (unpaired) electrons. The number of rotatable bonds is 48. The molecule has 0 aromatic rings. The van der Waals surface area contributed by atoms with Gasteiger partial charge in [0.15, 0.2) is 6.10 Å². The molecule has 0 fully saturated rings. The smallest absolute Gasteiger partial charge is 0.306 e. The highest BCUT2D eigenvalue weighted by molar-refractivity contribution is 5.71. The van der Waals surface area contributed by atoms with Gasteiger partial charge in [-0.1, -0.05) is 211 Å². The van der Waals surface area contributed by atoms with Crippen LogP contribution in [0.5, 0.6) is 0 Å². The van der Waals surface area contributed by atoms with Crippen LogP contribution in [0.25, 0.3) is 0 Å². The molecule has 0 heterocycles. The van der Waals surface area contributed by atoms with E-state index < -0.39 is 6.10 Å². The van der Waals surface area contributed by atoms with Gasteiger partial charge in [0, 0.05) is 19.3 Å². The summed E-state index contributed by atoms with van der Waals surface area (Å²) < 4.78 is 16.7. The van der Waals surface area contributed by atoms with Gasteiger partial charge in [-0.3, -0.25) is 14.4 Å². The molecular formula is C56H100O6. The number of hydrogen-bond donors (Lipinski definition) is 0. The Bertz CT molecular complexity index is 1090. The van der Waals surface area contributed by atoms with E-state index in [4.69, 9.17) is 14.2 Å². The molecule has 0 amide bonds. The number of carbonyl (C=O) groups excluding carboxylic acids is 3. The lowest BCUT2D eigenvalue weighted by Crippen LogP contribution is -2.30. The zero-order valence-corrected chi connectivity index (χ0v) is 41.1. The first-order valence-corrected chi connectivity index (χ1v) is 26.7. The molecule has 0 rings (SSSR count). The molecule has 1 unspecified atom stereocenters. The first-order valence-electron chi connectivity index (χ1n) is 26.7. The molecule has 6 nitrogen and oxygen atoms in total. The zero-order chi connectivity index (χ0) is 45.1. The summed E-state index contributed by atoms with van der Waals surface area (Å²) >= 11 is 0. The van der Waals surface area contributed by atoms with Crippen LogP contribution in [0.15, 0.2) is 48.6 Å². The summed E-state index contributed by atoms with van der Waals surface area (Å²) in [6.45, 7) is 6.55. The number of ether oxygens (including phenoxy) is 3. The van der Waals surface area contributed by atoms with Crippen LogP contribution in [-0.2, 0) is 28.6 Å². The highest BCUT2D eigenvalue weighted by Gasteiger charge is 2.19. The van der Waals surface area contributed by atoms with Gasteiger partial charge in [-0.25, -0.2) is 0 Å². The van der Waals surface area contributed by atoms with Crippen LogP contribution in [0.4, 0.5) is 0 Å². The minimum atomic E-state index is -0.787. The van der Waals surface area contributed by atoms with Gasteiger partial charge in [0.25, 0.3) is 0 Å². The van der Waals surface area contributed by atoms with Crippen molar-refractivity contribution in [1.82, 2.24) is 0 Å². The van der Waals surface area contributed by atoms with E-state index in [2.05, 4.69) is 69.4 Å². The summed E-state index contributed by atoms with van der Waals surface area (Å²) in [5.74, 6) is -0.928. The van der Waals surface area contributed by atoms with Crippen molar-refractivity contribution < 1.29 is 28.6 Å². The Kier molecular flexibility index (Phi) is 48.8. The van der Waals surface area contributed by atoms with Crippen molar-refractivity contribution in [3.05, 3.63) is 48.6 Å². The molecule has 0 saturated heterocycles. The standard InChI is InChI=1S/C56H100O6/c1-4-7-10-13-16-19-21-23-25-27-28-29-31-32-34-37-40-43-46-49-55(58)61-52-53(51-60-54(57)48-45-42-39-36-18-15-12-9-6-3)62-56(59)50-47-44-41-38-35-33-30-26-24-22-20-17-14-11-8-5-2/h16,19,21,23,26,30,36,39,53H,4-15,17-18,20,22,24-25,27-29,31-35,37-38,40-52H2,1-3H3/b19-16-,23-21-,30-26-,39-36-. The second-order valence-corrected chi connectivity index (χ2v) is 17.8. The number of unbranched alkanes of at least 4 members (excludes halogenated alkanes) is 30. The summed E-state index contributed by atoms with van der Waals surface area (Å²) in [6.07, 6.45) is 61.1. The predicted octanol–water partition coefficient (Wildman–Crippen LogP) is 17.5. The van der Waals surface area contributed by atoms with E-state index in [0.717, 1.165) is 70.6 Å². The molecule has 0 aliphatic carbocycles. The van der Waals surface area contributed by atoms with E-state index in [1.807, 2.05) is 0 Å². The van der Waals surface area contributed by atoms with Crippen LogP contribution in [-0.4, -0.2) is 37.2 Å². The molecule has 0 bridgehead atoms. The molecule has 0 aromatic carbocycles. The summed E-state index contributed by atoms with van der Waals surface area (Å²) in [5, 5.41) is 0. The van der Waals surface area contributed by atoms with Crippen molar-refractivity contribution in [3.63, 3.8) is 0 Å². The van der Waals surface area contributed by atoms with E-state index in [1.165, 1.54) is 161 Å². The Morgan fingerprint density at radius 1 is 0.323 bits per heavy atom. The van der Waals surface area contributed by atoms with E-state index in [-0.39, 0.29) is 31.1 Å². The van der Waals surface area contributed by atoms with Crippen LogP contribution in [0.2, 0.25) is 0 Å². The molecule has 0 aromatic heterocycles. The van der Waals surface area contributed by atoms with E-state index in [0.29, 0.717) is 19.3 Å². The Morgan fingerprint density at radius 3 is 1.02 bits per heavy atom. The second-order valence-electron chi connectivity index (χ2n) is 17.8. The number of allylic oxidation sites excluding steroid dienone is 8. The minimum absolute atomic E-state index is 0.0858.